The Kier molecular flexibility index (Phi) is 10.8. The summed E-state index contributed by atoms with van der Waals surface area (Å²) in [5.74, 6) is 1.95. The molecule has 1 rings (SSSR count). The summed E-state index contributed by atoms with van der Waals surface area (Å²) in [5.41, 5.74) is 6.76. The number of benzene rings is 1. The number of ether oxygens (including phenoxy) is 1. The number of phenols is 1. The molecule has 0 radical (unpaired) electrons. The van der Waals surface area contributed by atoms with Crippen molar-refractivity contribution in [2.45, 2.75) is 84.6 Å². The standard InChI is InChI=1S/C23H41NO3/c1-18(2)9-7-5-6-8-14-27-22-11-10-20(15-21(22)26)12-13-23(24,17-25)16-19(3)4/h10-11,15,18-19,25-26H,5-9,12-14,16-17,24H2,1-4H3. The first-order chi connectivity index (χ1) is 12.8. The van der Waals surface area contributed by atoms with Crippen LogP contribution in [-0.2, 0) is 6.42 Å². The molecule has 0 aromatic heterocycles. The molecule has 4 nitrogen and oxygen atoms in total. The quantitative estimate of drug-likeness (QED) is 0.396. The van der Waals surface area contributed by atoms with E-state index in [1.54, 1.807) is 6.07 Å². The molecule has 0 fully saturated rings. The van der Waals surface area contributed by atoms with Gasteiger partial charge in [0, 0.05) is 5.54 Å². The predicted molar refractivity (Wildman–Crippen MR) is 113 cm³/mol. The van der Waals surface area contributed by atoms with Crippen LogP contribution in [0.2, 0.25) is 0 Å². The molecular formula is C23H41NO3. The minimum atomic E-state index is -0.561. The van der Waals surface area contributed by atoms with Crippen molar-refractivity contribution in [3.05, 3.63) is 23.8 Å². The maximum Gasteiger partial charge on any atom is 0.160 e. The second kappa shape index (κ2) is 12.2. The van der Waals surface area contributed by atoms with E-state index in [-0.39, 0.29) is 12.4 Å². The SMILES string of the molecule is CC(C)CCCCCCOc1ccc(CCC(N)(CO)CC(C)C)cc1O. The van der Waals surface area contributed by atoms with E-state index in [0.717, 1.165) is 30.7 Å². The van der Waals surface area contributed by atoms with Gasteiger partial charge in [0.2, 0.25) is 0 Å². The monoisotopic (exact) mass is 379 g/mol. The summed E-state index contributed by atoms with van der Waals surface area (Å²) < 4.78 is 5.72. The molecule has 1 aromatic rings. The number of unbranched alkanes of at least 4 members (excludes halogenated alkanes) is 3. The molecule has 1 atom stereocenters. The Morgan fingerprint density at radius 1 is 1.04 bits per heavy atom. The highest BCUT2D eigenvalue weighted by atomic mass is 16.5. The van der Waals surface area contributed by atoms with Crippen LogP contribution in [0.3, 0.4) is 0 Å². The molecule has 4 heteroatoms. The van der Waals surface area contributed by atoms with Crippen LogP contribution in [0.1, 0.15) is 78.2 Å². The summed E-state index contributed by atoms with van der Waals surface area (Å²) in [6.07, 6.45) is 8.21. The highest BCUT2D eigenvalue weighted by Gasteiger charge is 2.25. The third kappa shape index (κ3) is 10.0. The third-order valence-corrected chi connectivity index (χ3v) is 5.00. The Labute approximate surface area is 166 Å². The second-order valence-corrected chi connectivity index (χ2v) is 8.87. The average molecular weight is 380 g/mol. The van der Waals surface area contributed by atoms with Crippen molar-refractivity contribution < 1.29 is 14.9 Å². The van der Waals surface area contributed by atoms with Crippen LogP contribution >= 0.6 is 0 Å². The second-order valence-electron chi connectivity index (χ2n) is 8.87. The fourth-order valence-electron chi connectivity index (χ4n) is 3.48. The molecule has 0 aliphatic rings. The molecule has 0 aliphatic carbocycles. The van der Waals surface area contributed by atoms with Crippen molar-refractivity contribution in [1.82, 2.24) is 0 Å². The Morgan fingerprint density at radius 3 is 2.33 bits per heavy atom. The summed E-state index contributed by atoms with van der Waals surface area (Å²) in [4.78, 5) is 0. The largest absolute Gasteiger partial charge is 0.504 e. The number of nitrogens with two attached hydrogens (primary N) is 1. The van der Waals surface area contributed by atoms with Crippen molar-refractivity contribution in [2.24, 2.45) is 17.6 Å². The van der Waals surface area contributed by atoms with Crippen LogP contribution in [0, 0.1) is 11.8 Å². The molecule has 27 heavy (non-hydrogen) atoms. The molecule has 4 N–H and O–H groups in total. The zero-order valence-electron chi connectivity index (χ0n) is 17.8. The first-order valence-electron chi connectivity index (χ1n) is 10.6. The van der Waals surface area contributed by atoms with Gasteiger partial charge in [-0.25, -0.2) is 0 Å². The van der Waals surface area contributed by atoms with Crippen molar-refractivity contribution in [2.75, 3.05) is 13.2 Å². The zero-order valence-corrected chi connectivity index (χ0v) is 17.8. The van der Waals surface area contributed by atoms with E-state index in [0.29, 0.717) is 24.7 Å². The fraction of sp³-hybridized carbons (Fsp3) is 0.739. The first-order valence-corrected chi connectivity index (χ1v) is 10.6. The van der Waals surface area contributed by atoms with Crippen LogP contribution in [-0.4, -0.2) is 29.0 Å². The van der Waals surface area contributed by atoms with Gasteiger partial charge in [-0.3, -0.25) is 0 Å². The van der Waals surface area contributed by atoms with Crippen molar-refractivity contribution >= 4 is 0 Å². The van der Waals surface area contributed by atoms with Crippen LogP contribution in [0.5, 0.6) is 11.5 Å². The number of aromatic hydroxyl groups is 1. The lowest BCUT2D eigenvalue weighted by Gasteiger charge is -2.29. The van der Waals surface area contributed by atoms with Gasteiger partial charge in [-0.1, -0.05) is 59.4 Å². The van der Waals surface area contributed by atoms with E-state index in [9.17, 15) is 10.2 Å². The minimum Gasteiger partial charge on any atom is -0.504 e. The summed E-state index contributed by atoms with van der Waals surface area (Å²) in [7, 11) is 0. The maximum absolute atomic E-state index is 10.2. The molecule has 156 valence electrons. The maximum atomic E-state index is 10.2. The number of hydrogen-bond acceptors (Lipinski definition) is 4. The number of rotatable bonds is 14. The minimum absolute atomic E-state index is 0.0183. The van der Waals surface area contributed by atoms with Crippen molar-refractivity contribution in [3.8, 4) is 11.5 Å². The molecule has 0 amide bonds. The smallest absolute Gasteiger partial charge is 0.160 e. The number of hydrogen-bond donors (Lipinski definition) is 3. The summed E-state index contributed by atoms with van der Waals surface area (Å²) in [5, 5.41) is 19.8. The van der Waals surface area contributed by atoms with Gasteiger partial charge in [-0.05, 0) is 55.2 Å². The van der Waals surface area contributed by atoms with Gasteiger partial charge in [0.25, 0.3) is 0 Å². The van der Waals surface area contributed by atoms with Gasteiger partial charge in [0.1, 0.15) is 0 Å². The highest BCUT2D eigenvalue weighted by molar-refractivity contribution is 5.41. The molecule has 0 saturated carbocycles. The lowest BCUT2D eigenvalue weighted by molar-refractivity contribution is 0.165. The predicted octanol–water partition coefficient (Wildman–Crippen LogP) is 5.05. The summed E-state index contributed by atoms with van der Waals surface area (Å²) in [6, 6.07) is 5.57. The number of aliphatic hydroxyl groups excluding tert-OH is 1. The Morgan fingerprint density at radius 2 is 1.74 bits per heavy atom. The van der Waals surface area contributed by atoms with Gasteiger partial charge in [0.15, 0.2) is 11.5 Å². The van der Waals surface area contributed by atoms with E-state index in [1.165, 1.54) is 25.7 Å². The Balaban J connectivity index is 2.38. The van der Waals surface area contributed by atoms with Gasteiger partial charge < -0.3 is 20.7 Å². The molecule has 0 spiro atoms. The normalized spacial score (nSPS) is 13.9. The van der Waals surface area contributed by atoms with Gasteiger partial charge >= 0.3 is 0 Å². The molecule has 0 bridgehead atoms. The summed E-state index contributed by atoms with van der Waals surface area (Å²) in [6.45, 7) is 9.36. The van der Waals surface area contributed by atoms with E-state index in [1.807, 2.05) is 12.1 Å². The first kappa shape index (κ1) is 23.8. The van der Waals surface area contributed by atoms with E-state index in [4.69, 9.17) is 10.5 Å². The van der Waals surface area contributed by atoms with Gasteiger partial charge in [-0.15, -0.1) is 0 Å². The molecular weight excluding hydrogens is 338 g/mol. The van der Waals surface area contributed by atoms with Crippen LogP contribution in [0.15, 0.2) is 18.2 Å². The molecule has 0 aliphatic heterocycles. The van der Waals surface area contributed by atoms with Gasteiger partial charge in [0.05, 0.1) is 13.2 Å². The number of phenolic OH excluding ortho intramolecular Hbond substituents is 1. The Bertz CT molecular complexity index is 530. The molecule has 1 unspecified atom stereocenters. The third-order valence-electron chi connectivity index (χ3n) is 5.00. The lowest BCUT2D eigenvalue weighted by Crippen LogP contribution is -2.45. The Hall–Kier alpha value is -1.26. The number of aryl methyl sites for hydroxylation is 1. The fourth-order valence-corrected chi connectivity index (χ4v) is 3.48. The van der Waals surface area contributed by atoms with Crippen molar-refractivity contribution in [3.63, 3.8) is 0 Å². The van der Waals surface area contributed by atoms with Crippen LogP contribution < -0.4 is 10.5 Å². The topological polar surface area (TPSA) is 75.7 Å². The number of aliphatic hydroxyl groups is 1. The summed E-state index contributed by atoms with van der Waals surface area (Å²) >= 11 is 0. The van der Waals surface area contributed by atoms with E-state index in [2.05, 4.69) is 27.7 Å². The van der Waals surface area contributed by atoms with Crippen LogP contribution in [0.4, 0.5) is 0 Å². The highest BCUT2D eigenvalue weighted by Crippen LogP contribution is 2.29. The molecule has 1 aromatic carbocycles. The molecule has 0 heterocycles. The van der Waals surface area contributed by atoms with Gasteiger partial charge in [-0.2, -0.15) is 0 Å². The van der Waals surface area contributed by atoms with Crippen molar-refractivity contribution in [1.29, 1.82) is 0 Å². The lowest BCUT2D eigenvalue weighted by atomic mass is 9.85. The molecule has 0 saturated heterocycles. The average Bonchev–Trinajstić information content (AvgIpc) is 2.59. The van der Waals surface area contributed by atoms with E-state index >= 15 is 0 Å². The van der Waals surface area contributed by atoms with Crippen LogP contribution in [0.25, 0.3) is 0 Å². The zero-order chi connectivity index (χ0) is 20.3. The van der Waals surface area contributed by atoms with E-state index < -0.39 is 5.54 Å².